The van der Waals surface area contributed by atoms with Crippen molar-refractivity contribution in [3.8, 4) is 0 Å². The molecule has 0 N–H and O–H groups in total. The van der Waals surface area contributed by atoms with Crippen LogP contribution in [-0.2, 0) is 25.8 Å². The molecule has 0 radical (unpaired) electrons. The van der Waals surface area contributed by atoms with Crippen LogP contribution < -0.4 is 0 Å². The van der Waals surface area contributed by atoms with E-state index in [9.17, 15) is 4.79 Å². The molecule has 0 spiro atoms. The maximum atomic E-state index is 12.9. The Balaban J connectivity index is 1.45. The number of carbonyl (C=O) groups excluding carboxylic acids is 1. The Labute approximate surface area is 158 Å². The van der Waals surface area contributed by atoms with E-state index in [1.54, 1.807) is 6.20 Å². The topological polar surface area (TPSA) is 63.9 Å². The second-order valence-corrected chi connectivity index (χ2v) is 6.88. The molecule has 138 valence electrons. The molecular formula is C21H23N5O. The van der Waals surface area contributed by atoms with Gasteiger partial charge in [-0.1, -0.05) is 36.4 Å². The molecule has 1 aliphatic rings. The zero-order valence-corrected chi connectivity index (χ0v) is 15.5. The van der Waals surface area contributed by atoms with Gasteiger partial charge in [0.05, 0.1) is 0 Å². The Morgan fingerprint density at radius 3 is 2.67 bits per heavy atom. The van der Waals surface area contributed by atoms with E-state index in [1.807, 2.05) is 30.0 Å². The van der Waals surface area contributed by atoms with Gasteiger partial charge in [0.15, 0.2) is 0 Å². The third kappa shape index (κ3) is 3.74. The SMILES string of the molecule is Cc1cccnc1C(=O)N1CCc2nnc(CCc3ccccc3)n2CC1. The molecule has 3 heterocycles. The van der Waals surface area contributed by atoms with Crippen LogP contribution in [0.25, 0.3) is 0 Å². The average molecular weight is 361 g/mol. The van der Waals surface area contributed by atoms with Crippen LogP contribution in [0.5, 0.6) is 0 Å². The molecule has 27 heavy (non-hydrogen) atoms. The summed E-state index contributed by atoms with van der Waals surface area (Å²) < 4.78 is 2.18. The number of fused-ring (bicyclic) bond motifs is 1. The second kappa shape index (κ2) is 7.70. The largest absolute Gasteiger partial charge is 0.335 e. The van der Waals surface area contributed by atoms with Crippen molar-refractivity contribution >= 4 is 5.91 Å². The third-order valence-electron chi connectivity index (χ3n) is 5.08. The van der Waals surface area contributed by atoms with Crippen molar-refractivity contribution in [2.24, 2.45) is 0 Å². The number of rotatable bonds is 4. The Kier molecular flexibility index (Phi) is 4.96. The lowest BCUT2D eigenvalue weighted by Crippen LogP contribution is -2.34. The molecule has 0 unspecified atom stereocenters. The summed E-state index contributed by atoms with van der Waals surface area (Å²) in [4.78, 5) is 19.0. The van der Waals surface area contributed by atoms with E-state index in [0.29, 0.717) is 18.8 Å². The van der Waals surface area contributed by atoms with E-state index < -0.39 is 0 Å². The molecule has 1 aromatic carbocycles. The van der Waals surface area contributed by atoms with Gasteiger partial charge in [0.2, 0.25) is 0 Å². The predicted molar refractivity (Wildman–Crippen MR) is 102 cm³/mol. The Morgan fingerprint density at radius 1 is 1.00 bits per heavy atom. The van der Waals surface area contributed by atoms with E-state index >= 15 is 0 Å². The molecule has 6 heteroatoms. The van der Waals surface area contributed by atoms with Crippen molar-refractivity contribution in [2.45, 2.75) is 32.7 Å². The Bertz CT molecular complexity index is 935. The molecule has 6 nitrogen and oxygen atoms in total. The number of amides is 1. The Hall–Kier alpha value is -3.02. The molecule has 2 aromatic heterocycles. The molecule has 1 amide bonds. The number of aromatic nitrogens is 4. The molecule has 0 saturated heterocycles. The van der Waals surface area contributed by atoms with Crippen molar-refractivity contribution in [1.29, 1.82) is 0 Å². The van der Waals surface area contributed by atoms with Gasteiger partial charge in [-0.25, -0.2) is 0 Å². The molecule has 0 saturated carbocycles. The van der Waals surface area contributed by atoms with E-state index in [1.165, 1.54) is 5.56 Å². The van der Waals surface area contributed by atoms with Gasteiger partial charge in [-0.05, 0) is 30.5 Å². The first-order chi connectivity index (χ1) is 13.2. The number of carbonyl (C=O) groups is 1. The fourth-order valence-corrected chi connectivity index (χ4v) is 3.53. The van der Waals surface area contributed by atoms with Crippen molar-refractivity contribution in [2.75, 3.05) is 13.1 Å². The average Bonchev–Trinajstić information content (AvgIpc) is 2.96. The van der Waals surface area contributed by atoms with Gasteiger partial charge in [0.1, 0.15) is 17.3 Å². The van der Waals surface area contributed by atoms with Gasteiger partial charge in [-0.15, -0.1) is 10.2 Å². The molecule has 0 bridgehead atoms. The summed E-state index contributed by atoms with van der Waals surface area (Å²) in [5, 5.41) is 8.77. The molecule has 0 fully saturated rings. The van der Waals surface area contributed by atoms with Crippen LogP contribution in [0.2, 0.25) is 0 Å². The maximum Gasteiger partial charge on any atom is 0.272 e. The fraction of sp³-hybridized carbons (Fsp3) is 0.333. The minimum absolute atomic E-state index is 0.00218. The van der Waals surface area contributed by atoms with Gasteiger partial charge < -0.3 is 9.47 Å². The van der Waals surface area contributed by atoms with Crippen LogP contribution in [-0.4, -0.2) is 43.6 Å². The van der Waals surface area contributed by atoms with Gasteiger partial charge in [0.25, 0.3) is 5.91 Å². The normalized spacial score (nSPS) is 13.9. The summed E-state index contributed by atoms with van der Waals surface area (Å²) in [7, 11) is 0. The second-order valence-electron chi connectivity index (χ2n) is 6.88. The van der Waals surface area contributed by atoms with Gasteiger partial charge >= 0.3 is 0 Å². The highest BCUT2D eigenvalue weighted by Gasteiger charge is 2.24. The summed E-state index contributed by atoms with van der Waals surface area (Å²) >= 11 is 0. The monoisotopic (exact) mass is 361 g/mol. The number of pyridine rings is 1. The highest BCUT2D eigenvalue weighted by molar-refractivity contribution is 5.93. The summed E-state index contributed by atoms with van der Waals surface area (Å²) in [6, 6.07) is 14.2. The van der Waals surface area contributed by atoms with Gasteiger partial charge in [-0.2, -0.15) is 0 Å². The first-order valence-electron chi connectivity index (χ1n) is 9.38. The van der Waals surface area contributed by atoms with Crippen molar-refractivity contribution in [3.05, 3.63) is 77.1 Å². The number of hydrogen-bond acceptors (Lipinski definition) is 4. The first-order valence-corrected chi connectivity index (χ1v) is 9.38. The van der Waals surface area contributed by atoms with Crippen molar-refractivity contribution in [3.63, 3.8) is 0 Å². The van der Waals surface area contributed by atoms with Gasteiger partial charge in [-0.3, -0.25) is 9.78 Å². The highest BCUT2D eigenvalue weighted by atomic mass is 16.2. The Morgan fingerprint density at radius 2 is 1.85 bits per heavy atom. The number of hydrogen-bond donors (Lipinski definition) is 0. The summed E-state index contributed by atoms with van der Waals surface area (Å²) in [6.07, 6.45) is 4.18. The fourth-order valence-electron chi connectivity index (χ4n) is 3.53. The van der Waals surface area contributed by atoms with E-state index in [4.69, 9.17) is 0 Å². The minimum Gasteiger partial charge on any atom is -0.335 e. The van der Waals surface area contributed by atoms with Crippen LogP contribution in [0.15, 0.2) is 48.7 Å². The van der Waals surface area contributed by atoms with E-state index in [2.05, 4.69) is 44.0 Å². The van der Waals surface area contributed by atoms with Crippen LogP contribution >= 0.6 is 0 Å². The standard InChI is InChI=1S/C21H23N5O/c1-16-6-5-12-22-20(16)21(27)25-13-11-19-24-23-18(26(19)15-14-25)10-9-17-7-3-2-4-8-17/h2-8,12H,9-11,13-15H2,1H3. The molecule has 1 aliphatic heterocycles. The molecule has 3 aromatic rings. The van der Waals surface area contributed by atoms with Crippen LogP contribution in [0, 0.1) is 6.92 Å². The van der Waals surface area contributed by atoms with Crippen LogP contribution in [0.3, 0.4) is 0 Å². The lowest BCUT2D eigenvalue weighted by molar-refractivity contribution is 0.0752. The van der Waals surface area contributed by atoms with Crippen molar-refractivity contribution in [1.82, 2.24) is 24.6 Å². The molecule has 0 atom stereocenters. The molecule has 0 aliphatic carbocycles. The number of nitrogens with zero attached hydrogens (tertiary/aromatic N) is 5. The number of aryl methyl sites for hydroxylation is 3. The number of benzene rings is 1. The van der Waals surface area contributed by atoms with Crippen LogP contribution in [0.4, 0.5) is 0 Å². The molecular weight excluding hydrogens is 338 g/mol. The predicted octanol–water partition coefficient (Wildman–Crippen LogP) is 2.47. The lowest BCUT2D eigenvalue weighted by atomic mass is 10.1. The summed E-state index contributed by atoms with van der Waals surface area (Å²) in [5.74, 6) is 1.96. The summed E-state index contributed by atoms with van der Waals surface area (Å²) in [5.41, 5.74) is 2.75. The minimum atomic E-state index is -0.00218. The smallest absolute Gasteiger partial charge is 0.272 e. The zero-order valence-electron chi connectivity index (χ0n) is 15.5. The summed E-state index contributed by atoms with van der Waals surface area (Å²) in [6.45, 7) is 3.95. The lowest BCUT2D eigenvalue weighted by Gasteiger charge is -2.20. The molecule has 4 rings (SSSR count). The van der Waals surface area contributed by atoms with Gasteiger partial charge in [0, 0.05) is 38.7 Å². The van der Waals surface area contributed by atoms with E-state index in [0.717, 1.165) is 43.0 Å². The quantitative estimate of drug-likeness (QED) is 0.716. The highest BCUT2D eigenvalue weighted by Crippen LogP contribution is 2.15. The zero-order chi connectivity index (χ0) is 18.6. The first kappa shape index (κ1) is 17.4. The van der Waals surface area contributed by atoms with Crippen molar-refractivity contribution < 1.29 is 4.79 Å². The van der Waals surface area contributed by atoms with E-state index in [-0.39, 0.29) is 5.91 Å². The van der Waals surface area contributed by atoms with Crippen LogP contribution in [0.1, 0.15) is 33.3 Å². The third-order valence-corrected chi connectivity index (χ3v) is 5.08. The maximum absolute atomic E-state index is 12.9.